The smallest absolute Gasteiger partial charge is 0.191 e. The highest BCUT2D eigenvalue weighted by Crippen LogP contribution is 2.17. The summed E-state index contributed by atoms with van der Waals surface area (Å²) in [5.41, 5.74) is 4.73. The monoisotopic (exact) mass is 476 g/mol. The number of guanidine groups is 1. The van der Waals surface area contributed by atoms with Gasteiger partial charge in [0.25, 0.3) is 0 Å². The Hall–Kier alpha value is -1.16. The highest BCUT2D eigenvalue weighted by molar-refractivity contribution is 14.0. The van der Waals surface area contributed by atoms with E-state index in [9.17, 15) is 0 Å². The number of hydrogen-bond donors (Lipinski definition) is 2. The van der Waals surface area contributed by atoms with Crippen molar-refractivity contribution in [3.05, 3.63) is 32.5 Å². The Morgan fingerprint density at radius 2 is 1.88 bits per heavy atom. The van der Waals surface area contributed by atoms with Crippen molar-refractivity contribution in [1.82, 2.24) is 25.4 Å². The predicted octanol–water partition coefficient (Wildman–Crippen LogP) is 3.03. The molecule has 0 amide bonds. The summed E-state index contributed by atoms with van der Waals surface area (Å²) in [7, 11) is 1.99. The second kappa shape index (κ2) is 10.1. The lowest BCUT2D eigenvalue weighted by Crippen LogP contribution is -2.38. The van der Waals surface area contributed by atoms with Crippen LogP contribution in [0.25, 0.3) is 0 Å². The molecular formula is C17H29IN6S. The van der Waals surface area contributed by atoms with E-state index < -0.39 is 0 Å². The molecule has 8 heteroatoms. The lowest BCUT2D eigenvalue weighted by atomic mass is 10.1. The van der Waals surface area contributed by atoms with Gasteiger partial charge in [0.1, 0.15) is 0 Å². The van der Waals surface area contributed by atoms with Crippen LogP contribution in [0.2, 0.25) is 0 Å². The highest BCUT2D eigenvalue weighted by Gasteiger charge is 2.09. The van der Waals surface area contributed by atoms with E-state index >= 15 is 0 Å². The summed E-state index contributed by atoms with van der Waals surface area (Å²) < 4.78 is 1.94. The van der Waals surface area contributed by atoms with Crippen LogP contribution in [-0.4, -0.2) is 33.8 Å². The molecule has 2 aromatic rings. The zero-order valence-electron chi connectivity index (χ0n) is 15.9. The Kier molecular flexibility index (Phi) is 8.84. The zero-order valence-corrected chi connectivity index (χ0v) is 19.1. The number of nitrogens with one attached hydrogen (secondary N) is 2. The van der Waals surface area contributed by atoms with Crippen molar-refractivity contribution in [3.63, 3.8) is 0 Å². The average Bonchev–Trinajstić information content (AvgIpc) is 2.97. The molecule has 0 atom stereocenters. The van der Waals surface area contributed by atoms with Crippen molar-refractivity contribution >= 4 is 41.3 Å². The third kappa shape index (κ3) is 5.95. The minimum absolute atomic E-state index is 0. The van der Waals surface area contributed by atoms with Crippen LogP contribution in [-0.2, 0) is 20.0 Å². The van der Waals surface area contributed by atoms with E-state index in [1.807, 2.05) is 25.6 Å². The number of aryl methyl sites for hydroxylation is 4. The van der Waals surface area contributed by atoms with Gasteiger partial charge in [-0.15, -0.1) is 35.3 Å². The van der Waals surface area contributed by atoms with Crippen molar-refractivity contribution in [2.75, 3.05) is 13.1 Å². The maximum absolute atomic E-state index is 4.68. The molecule has 2 rings (SSSR count). The Morgan fingerprint density at radius 1 is 1.16 bits per heavy atom. The molecule has 2 aromatic heterocycles. The first-order chi connectivity index (χ1) is 11.4. The van der Waals surface area contributed by atoms with E-state index in [1.54, 1.807) is 11.3 Å². The number of nitrogens with zero attached hydrogens (tertiary/aromatic N) is 4. The second-order valence-corrected chi connectivity index (χ2v) is 7.17. The van der Waals surface area contributed by atoms with Crippen molar-refractivity contribution in [1.29, 1.82) is 0 Å². The first-order valence-corrected chi connectivity index (χ1v) is 9.18. The fraction of sp³-hybridized carbons (Fsp3) is 0.588. The molecule has 2 N–H and O–H groups in total. The minimum atomic E-state index is 0. The molecule has 0 saturated heterocycles. The summed E-state index contributed by atoms with van der Waals surface area (Å²) in [6, 6.07) is 0. The van der Waals surface area contributed by atoms with Crippen molar-refractivity contribution in [2.45, 2.75) is 47.6 Å². The van der Waals surface area contributed by atoms with E-state index in [4.69, 9.17) is 0 Å². The Labute approximate surface area is 171 Å². The summed E-state index contributed by atoms with van der Waals surface area (Å²) in [5, 5.41) is 12.3. The molecule has 2 heterocycles. The normalized spacial score (nSPS) is 11.4. The fourth-order valence-corrected chi connectivity index (χ4v) is 3.56. The van der Waals surface area contributed by atoms with Crippen molar-refractivity contribution in [3.8, 4) is 0 Å². The highest BCUT2D eigenvalue weighted by atomic mass is 127. The molecule has 0 fully saturated rings. The number of rotatable bonds is 6. The van der Waals surface area contributed by atoms with Crippen LogP contribution in [0.4, 0.5) is 0 Å². The largest absolute Gasteiger partial charge is 0.357 e. The second-order valence-electron chi connectivity index (χ2n) is 5.89. The van der Waals surface area contributed by atoms with Gasteiger partial charge >= 0.3 is 0 Å². The number of hydrogen-bond acceptors (Lipinski definition) is 4. The summed E-state index contributed by atoms with van der Waals surface area (Å²) in [6.45, 7) is 12.7. The topological polar surface area (TPSA) is 67.1 Å². The van der Waals surface area contributed by atoms with E-state index in [0.29, 0.717) is 6.54 Å². The molecule has 0 spiro atoms. The van der Waals surface area contributed by atoms with Crippen LogP contribution < -0.4 is 10.6 Å². The molecule has 0 aliphatic heterocycles. The molecule has 140 valence electrons. The molecule has 25 heavy (non-hydrogen) atoms. The minimum Gasteiger partial charge on any atom is -0.357 e. The van der Waals surface area contributed by atoms with E-state index in [0.717, 1.165) is 41.9 Å². The zero-order chi connectivity index (χ0) is 17.7. The SMILES string of the molecule is CCNC(=NCc1sc(C)nc1C)NCCc1c(C)nn(C)c1C.I. The van der Waals surface area contributed by atoms with Crippen LogP contribution in [0.1, 0.15) is 39.5 Å². The van der Waals surface area contributed by atoms with E-state index in [2.05, 4.69) is 46.5 Å². The van der Waals surface area contributed by atoms with E-state index in [-0.39, 0.29) is 24.0 Å². The molecule has 0 aliphatic rings. The van der Waals surface area contributed by atoms with E-state index in [1.165, 1.54) is 16.1 Å². The summed E-state index contributed by atoms with van der Waals surface area (Å²) in [6.07, 6.45) is 0.939. The molecule has 6 nitrogen and oxygen atoms in total. The van der Waals surface area contributed by atoms with Crippen LogP contribution in [0.5, 0.6) is 0 Å². The van der Waals surface area contributed by atoms with Crippen molar-refractivity contribution in [2.24, 2.45) is 12.0 Å². The molecule has 0 bridgehead atoms. The molecular weight excluding hydrogens is 447 g/mol. The Balaban J connectivity index is 0.00000312. The van der Waals surface area contributed by atoms with Gasteiger partial charge in [-0.1, -0.05) is 0 Å². The van der Waals surface area contributed by atoms with Crippen molar-refractivity contribution < 1.29 is 0 Å². The van der Waals surface area contributed by atoms with Gasteiger partial charge in [-0.2, -0.15) is 5.10 Å². The Morgan fingerprint density at radius 3 is 2.40 bits per heavy atom. The third-order valence-corrected chi connectivity index (χ3v) is 5.11. The summed E-state index contributed by atoms with van der Waals surface area (Å²) in [5.74, 6) is 0.849. The predicted molar refractivity (Wildman–Crippen MR) is 116 cm³/mol. The third-order valence-electron chi connectivity index (χ3n) is 4.05. The maximum atomic E-state index is 4.68. The van der Waals surface area contributed by atoms with Crippen LogP contribution in [0, 0.1) is 27.7 Å². The van der Waals surface area contributed by atoms with Crippen LogP contribution >= 0.6 is 35.3 Å². The first kappa shape index (κ1) is 21.9. The summed E-state index contributed by atoms with van der Waals surface area (Å²) in [4.78, 5) is 10.4. The quantitative estimate of drug-likeness (QED) is 0.382. The molecule has 0 unspecified atom stereocenters. The van der Waals surface area contributed by atoms with Gasteiger partial charge in [0.2, 0.25) is 0 Å². The van der Waals surface area contributed by atoms with Gasteiger partial charge in [0.05, 0.1) is 22.9 Å². The van der Waals surface area contributed by atoms with Gasteiger partial charge in [-0.05, 0) is 46.6 Å². The standard InChI is InChI=1S/C17H28N6S.HI/c1-7-18-17(20-10-16-12(3)21-14(5)24-16)19-9-8-15-11(2)22-23(6)13(15)4;/h7-10H2,1-6H3,(H2,18,19,20);1H. The lowest BCUT2D eigenvalue weighted by Gasteiger charge is -2.11. The number of aliphatic imine (C=N–C) groups is 1. The molecule has 0 radical (unpaired) electrons. The lowest BCUT2D eigenvalue weighted by molar-refractivity contribution is 0.729. The Bertz CT molecular complexity index is 719. The van der Waals surface area contributed by atoms with Gasteiger partial charge in [-0.3, -0.25) is 4.68 Å². The summed E-state index contributed by atoms with van der Waals surface area (Å²) >= 11 is 1.72. The first-order valence-electron chi connectivity index (χ1n) is 8.36. The number of aromatic nitrogens is 3. The maximum Gasteiger partial charge on any atom is 0.191 e. The average molecular weight is 476 g/mol. The van der Waals surface area contributed by atoms with Crippen LogP contribution in [0.3, 0.4) is 0 Å². The van der Waals surface area contributed by atoms with Gasteiger partial charge in [0.15, 0.2) is 5.96 Å². The number of halogens is 1. The van der Waals surface area contributed by atoms with Gasteiger partial charge < -0.3 is 10.6 Å². The molecule has 0 aliphatic carbocycles. The fourth-order valence-electron chi connectivity index (χ4n) is 2.70. The van der Waals surface area contributed by atoms with Gasteiger partial charge in [0, 0.05) is 30.7 Å². The van der Waals surface area contributed by atoms with Crippen LogP contribution in [0.15, 0.2) is 4.99 Å². The van der Waals surface area contributed by atoms with Gasteiger partial charge in [-0.25, -0.2) is 9.98 Å². The molecule has 0 aromatic carbocycles. The molecule has 0 saturated carbocycles. The number of thiazole rings is 1.